The maximum Gasteiger partial charge on any atom is 0.254 e. The molecule has 0 bridgehead atoms. The molecule has 1 aromatic rings. The number of nitrogens with zero attached hydrogens (tertiary/aromatic N) is 3. The standard InChI is InChI=1S/C9H12N4O/c10-8(14)7-5-11-6-12-9(7)13-3-1-2-4-13/h5-6H,1-4H2,(H2,10,14). The molecule has 1 fully saturated rings. The van der Waals surface area contributed by atoms with Gasteiger partial charge in [0.25, 0.3) is 5.91 Å². The third-order valence-electron chi connectivity index (χ3n) is 2.36. The quantitative estimate of drug-likeness (QED) is 0.725. The van der Waals surface area contributed by atoms with Gasteiger partial charge < -0.3 is 10.6 Å². The van der Waals surface area contributed by atoms with Crippen LogP contribution in [0.15, 0.2) is 12.5 Å². The van der Waals surface area contributed by atoms with Crippen LogP contribution >= 0.6 is 0 Å². The van der Waals surface area contributed by atoms with E-state index in [1.54, 1.807) is 0 Å². The van der Waals surface area contributed by atoms with Crippen LogP contribution in [-0.2, 0) is 0 Å². The summed E-state index contributed by atoms with van der Waals surface area (Å²) in [6.07, 6.45) is 5.20. The van der Waals surface area contributed by atoms with E-state index in [9.17, 15) is 4.79 Å². The highest BCUT2D eigenvalue weighted by molar-refractivity contribution is 5.97. The Balaban J connectivity index is 2.35. The number of hydrogen-bond acceptors (Lipinski definition) is 4. The lowest BCUT2D eigenvalue weighted by Gasteiger charge is -2.17. The number of nitrogens with two attached hydrogens (primary N) is 1. The zero-order valence-corrected chi connectivity index (χ0v) is 7.81. The maximum absolute atomic E-state index is 11.1. The smallest absolute Gasteiger partial charge is 0.254 e. The second-order valence-corrected chi connectivity index (χ2v) is 3.32. The topological polar surface area (TPSA) is 72.1 Å². The highest BCUT2D eigenvalue weighted by Gasteiger charge is 2.19. The lowest BCUT2D eigenvalue weighted by molar-refractivity contribution is 0.1000. The van der Waals surface area contributed by atoms with E-state index in [0.717, 1.165) is 25.9 Å². The Hall–Kier alpha value is -1.65. The van der Waals surface area contributed by atoms with E-state index in [1.165, 1.54) is 12.5 Å². The minimum Gasteiger partial charge on any atom is -0.365 e. The summed E-state index contributed by atoms with van der Waals surface area (Å²) in [6, 6.07) is 0. The minimum absolute atomic E-state index is 0.411. The van der Waals surface area contributed by atoms with Gasteiger partial charge in [0, 0.05) is 19.3 Å². The highest BCUT2D eigenvalue weighted by Crippen LogP contribution is 2.20. The summed E-state index contributed by atoms with van der Waals surface area (Å²) in [4.78, 5) is 21.1. The van der Waals surface area contributed by atoms with Gasteiger partial charge in [-0.2, -0.15) is 0 Å². The number of amides is 1. The molecule has 0 radical (unpaired) electrons. The lowest BCUT2D eigenvalue weighted by Crippen LogP contribution is -2.24. The Morgan fingerprint density at radius 2 is 2.14 bits per heavy atom. The number of carbonyl (C=O) groups is 1. The monoisotopic (exact) mass is 192 g/mol. The second-order valence-electron chi connectivity index (χ2n) is 3.32. The van der Waals surface area contributed by atoms with Crippen LogP contribution in [0.2, 0.25) is 0 Å². The average Bonchev–Trinajstić information content (AvgIpc) is 2.70. The van der Waals surface area contributed by atoms with Gasteiger partial charge in [0.15, 0.2) is 0 Å². The molecule has 1 aliphatic rings. The molecule has 0 atom stereocenters. The van der Waals surface area contributed by atoms with E-state index in [-0.39, 0.29) is 0 Å². The van der Waals surface area contributed by atoms with Crippen molar-refractivity contribution >= 4 is 11.7 Å². The Labute approximate surface area is 82.0 Å². The number of aromatic nitrogens is 2. The largest absolute Gasteiger partial charge is 0.365 e. The Morgan fingerprint density at radius 1 is 1.43 bits per heavy atom. The number of hydrogen-bond donors (Lipinski definition) is 1. The van der Waals surface area contributed by atoms with Crippen molar-refractivity contribution in [1.82, 2.24) is 9.97 Å². The molecule has 5 nitrogen and oxygen atoms in total. The molecular formula is C9H12N4O. The fourth-order valence-electron chi connectivity index (χ4n) is 1.68. The Morgan fingerprint density at radius 3 is 2.79 bits per heavy atom. The molecule has 1 saturated heterocycles. The van der Waals surface area contributed by atoms with Crippen molar-refractivity contribution in [1.29, 1.82) is 0 Å². The molecule has 0 saturated carbocycles. The Kier molecular flexibility index (Phi) is 2.30. The van der Waals surface area contributed by atoms with Gasteiger partial charge in [-0.15, -0.1) is 0 Å². The summed E-state index contributed by atoms with van der Waals surface area (Å²) in [6.45, 7) is 1.88. The zero-order valence-electron chi connectivity index (χ0n) is 7.81. The molecule has 1 amide bonds. The Bertz CT molecular complexity index is 346. The summed E-state index contributed by atoms with van der Waals surface area (Å²) < 4.78 is 0. The van der Waals surface area contributed by atoms with Crippen molar-refractivity contribution in [2.24, 2.45) is 5.73 Å². The molecule has 2 rings (SSSR count). The van der Waals surface area contributed by atoms with Crippen molar-refractivity contribution in [3.8, 4) is 0 Å². The molecular weight excluding hydrogens is 180 g/mol. The summed E-state index contributed by atoms with van der Waals surface area (Å²) in [7, 11) is 0. The van der Waals surface area contributed by atoms with Crippen LogP contribution in [0.3, 0.4) is 0 Å². The summed E-state index contributed by atoms with van der Waals surface area (Å²) in [5.41, 5.74) is 5.65. The van der Waals surface area contributed by atoms with Crippen molar-refractivity contribution in [3.63, 3.8) is 0 Å². The van der Waals surface area contributed by atoms with E-state index in [4.69, 9.17) is 5.73 Å². The first kappa shape index (κ1) is 8.93. The van der Waals surface area contributed by atoms with Gasteiger partial charge in [0.1, 0.15) is 12.1 Å². The summed E-state index contributed by atoms with van der Waals surface area (Å²) in [5.74, 6) is 0.206. The molecule has 2 N–H and O–H groups in total. The van der Waals surface area contributed by atoms with Gasteiger partial charge in [0.2, 0.25) is 0 Å². The van der Waals surface area contributed by atoms with Crippen LogP contribution in [0.5, 0.6) is 0 Å². The van der Waals surface area contributed by atoms with Crippen LogP contribution in [0.4, 0.5) is 5.82 Å². The third kappa shape index (κ3) is 1.53. The molecule has 0 unspecified atom stereocenters. The van der Waals surface area contributed by atoms with Gasteiger partial charge in [-0.1, -0.05) is 0 Å². The number of anilines is 1. The molecule has 0 spiro atoms. The van der Waals surface area contributed by atoms with Gasteiger partial charge in [-0.25, -0.2) is 9.97 Å². The van der Waals surface area contributed by atoms with Crippen molar-refractivity contribution in [2.75, 3.05) is 18.0 Å². The third-order valence-corrected chi connectivity index (χ3v) is 2.36. The van der Waals surface area contributed by atoms with Crippen molar-refractivity contribution in [2.45, 2.75) is 12.8 Å². The second kappa shape index (κ2) is 3.61. The van der Waals surface area contributed by atoms with Crippen LogP contribution in [0.1, 0.15) is 23.2 Å². The van der Waals surface area contributed by atoms with Crippen molar-refractivity contribution < 1.29 is 4.79 Å². The fraction of sp³-hybridized carbons (Fsp3) is 0.444. The molecule has 74 valence electrons. The van der Waals surface area contributed by atoms with E-state index in [2.05, 4.69) is 14.9 Å². The van der Waals surface area contributed by atoms with Crippen LogP contribution < -0.4 is 10.6 Å². The first-order chi connectivity index (χ1) is 6.79. The summed E-state index contributed by atoms with van der Waals surface area (Å²) >= 11 is 0. The first-order valence-electron chi connectivity index (χ1n) is 4.64. The molecule has 0 aromatic carbocycles. The van der Waals surface area contributed by atoms with Crippen LogP contribution in [-0.4, -0.2) is 29.0 Å². The van der Waals surface area contributed by atoms with Gasteiger partial charge in [-0.05, 0) is 12.8 Å². The number of rotatable bonds is 2. The molecule has 2 heterocycles. The van der Waals surface area contributed by atoms with Gasteiger partial charge >= 0.3 is 0 Å². The number of carbonyl (C=O) groups excluding carboxylic acids is 1. The highest BCUT2D eigenvalue weighted by atomic mass is 16.1. The van der Waals surface area contributed by atoms with Crippen LogP contribution in [0.25, 0.3) is 0 Å². The molecule has 1 aliphatic heterocycles. The van der Waals surface area contributed by atoms with E-state index >= 15 is 0 Å². The SMILES string of the molecule is NC(=O)c1cncnc1N1CCCC1. The van der Waals surface area contributed by atoms with E-state index in [1.807, 2.05) is 0 Å². The minimum atomic E-state index is -0.465. The molecule has 5 heteroatoms. The molecule has 14 heavy (non-hydrogen) atoms. The first-order valence-corrected chi connectivity index (χ1v) is 4.64. The van der Waals surface area contributed by atoms with Gasteiger partial charge in [0.05, 0.1) is 5.56 Å². The predicted octanol–water partition coefficient (Wildman–Crippen LogP) is 0.176. The van der Waals surface area contributed by atoms with E-state index < -0.39 is 5.91 Å². The molecule has 1 aromatic heterocycles. The normalized spacial score (nSPS) is 15.9. The molecule has 0 aliphatic carbocycles. The van der Waals surface area contributed by atoms with Crippen LogP contribution in [0, 0.1) is 0 Å². The zero-order chi connectivity index (χ0) is 9.97. The lowest BCUT2D eigenvalue weighted by atomic mass is 10.3. The average molecular weight is 192 g/mol. The fourth-order valence-corrected chi connectivity index (χ4v) is 1.68. The van der Waals surface area contributed by atoms with E-state index in [0.29, 0.717) is 11.4 Å². The number of primary amides is 1. The van der Waals surface area contributed by atoms with Crippen molar-refractivity contribution in [3.05, 3.63) is 18.1 Å². The summed E-state index contributed by atoms with van der Waals surface area (Å²) in [5, 5.41) is 0. The van der Waals surface area contributed by atoms with Gasteiger partial charge in [-0.3, -0.25) is 4.79 Å². The predicted molar refractivity (Wildman–Crippen MR) is 52.0 cm³/mol. The maximum atomic E-state index is 11.1.